The molecular formula is C24H24N2O3. The molecule has 0 unspecified atom stereocenters. The molecule has 0 aliphatic carbocycles. The molecule has 0 heterocycles. The predicted octanol–water partition coefficient (Wildman–Crippen LogP) is 4.59. The van der Waals surface area contributed by atoms with Gasteiger partial charge in [-0.05, 0) is 36.8 Å². The highest BCUT2D eigenvalue weighted by Gasteiger charge is 2.20. The zero-order chi connectivity index (χ0) is 20.5. The summed E-state index contributed by atoms with van der Waals surface area (Å²) >= 11 is 0. The number of nitrogens with one attached hydrogen (secondary N) is 2. The SMILES string of the molecule is CCOc1ccccc1NC(=O)C[C@@H](NC(=O)c1ccccc1)c1ccccc1. The number of para-hydroxylation sites is 2. The molecule has 1 atom stereocenters. The largest absolute Gasteiger partial charge is 0.492 e. The van der Waals surface area contributed by atoms with E-state index in [9.17, 15) is 9.59 Å². The van der Waals surface area contributed by atoms with Crippen LogP contribution in [-0.2, 0) is 4.79 Å². The van der Waals surface area contributed by atoms with Crippen LogP contribution >= 0.6 is 0 Å². The van der Waals surface area contributed by atoms with Crippen LogP contribution in [0.25, 0.3) is 0 Å². The van der Waals surface area contributed by atoms with Gasteiger partial charge in [-0.3, -0.25) is 9.59 Å². The summed E-state index contributed by atoms with van der Waals surface area (Å²) < 4.78 is 5.57. The Morgan fingerprint density at radius 2 is 1.48 bits per heavy atom. The molecule has 0 aromatic heterocycles. The molecule has 148 valence electrons. The van der Waals surface area contributed by atoms with Crippen LogP contribution in [0.1, 0.15) is 35.3 Å². The Hall–Kier alpha value is -3.60. The van der Waals surface area contributed by atoms with Crippen LogP contribution in [0.15, 0.2) is 84.9 Å². The lowest BCUT2D eigenvalue weighted by Gasteiger charge is -2.20. The Morgan fingerprint density at radius 3 is 2.17 bits per heavy atom. The van der Waals surface area contributed by atoms with E-state index in [2.05, 4.69) is 10.6 Å². The predicted molar refractivity (Wildman–Crippen MR) is 114 cm³/mol. The van der Waals surface area contributed by atoms with Crippen molar-refractivity contribution >= 4 is 17.5 Å². The fourth-order valence-electron chi connectivity index (χ4n) is 3.01. The van der Waals surface area contributed by atoms with Crippen molar-refractivity contribution in [1.29, 1.82) is 0 Å². The fourth-order valence-corrected chi connectivity index (χ4v) is 3.01. The number of carbonyl (C=O) groups excluding carboxylic acids is 2. The number of hydrogen-bond acceptors (Lipinski definition) is 3. The minimum atomic E-state index is -0.455. The van der Waals surface area contributed by atoms with Crippen molar-refractivity contribution in [2.24, 2.45) is 0 Å². The van der Waals surface area contributed by atoms with Crippen LogP contribution in [0.4, 0.5) is 5.69 Å². The minimum absolute atomic E-state index is 0.100. The molecule has 0 aliphatic heterocycles. The smallest absolute Gasteiger partial charge is 0.251 e. The first-order chi connectivity index (χ1) is 14.2. The van der Waals surface area contributed by atoms with E-state index in [-0.39, 0.29) is 18.2 Å². The zero-order valence-electron chi connectivity index (χ0n) is 16.3. The second-order valence-electron chi connectivity index (χ2n) is 6.48. The van der Waals surface area contributed by atoms with Crippen LogP contribution in [0, 0.1) is 0 Å². The third kappa shape index (κ3) is 5.69. The van der Waals surface area contributed by atoms with Gasteiger partial charge in [0, 0.05) is 5.56 Å². The molecule has 0 bridgehead atoms. The molecule has 3 aromatic carbocycles. The molecule has 0 saturated carbocycles. The highest BCUT2D eigenvalue weighted by Crippen LogP contribution is 2.25. The maximum Gasteiger partial charge on any atom is 0.251 e. The Bertz CT molecular complexity index is 943. The monoisotopic (exact) mass is 388 g/mol. The zero-order valence-corrected chi connectivity index (χ0v) is 16.3. The lowest BCUT2D eigenvalue weighted by atomic mass is 10.0. The van der Waals surface area contributed by atoms with E-state index in [0.717, 1.165) is 5.56 Å². The van der Waals surface area contributed by atoms with Crippen molar-refractivity contribution in [2.45, 2.75) is 19.4 Å². The van der Waals surface area contributed by atoms with E-state index in [1.807, 2.05) is 73.7 Å². The molecule has 3 rings (SSSR count). The van der Waals surface area contributed by atoms with Gasteiger partial charge in [-0.25, -0.2) is 0 Å². The Balaban J connectivity index is 1.75. The molecule has 5 nitrogen and oxygen atoms in total. The van der Waals surface area contributed by atoms with Crippen LogP contribution in [0.2, 0.25) is 0 Å². The lowest BCUT2D eigenvalue weighted by Crippen LogP contribution is -2.31. The number of anilines is 1. The molecule has 2 N–H and O–H groups in total. The number of ether oxygens (including phenoxy) is 1. The number of amides is 2. The van der Waals surface area contributed by atoms with E-state index in [1.165, 1.54) is 0 Å². The van der Waals surface area contributed by atoms with Gasteiger partial charge in [0.25, 0.3) is 5.91 Å². The van der Waals surface area contributed by atoms with Crippen LogP contribution in [0.3, 0.4) is 0 Å². The van der Waals surface area contributed by atoms with Gasteiger partial charge in [0.2, 0.25) is 5.91 Å². The van der Waals surface area contributed by atoms with Gasteiger partial charge in [0.1, 0.15) is 5.75 Å². The van der Waals surface area contributed by atoms with E-state index in [1.54, 1.807) is 18.2 Å². The summed E-state index contributed by atoms with van der Waals surface area (Å²) in [5, 5.41) is 5.87. The molecule has 29 heavy (non-hydrogen) atoms. The number of rotatable bonds is 8. The molecule has 5 heteroatoms. The second-order valence-corrected chi connectivity index (χ2v) is 6.48. The van der Waals surface area contributed by atoms with Crippen molar-refractivity contribution in [3.8, 4) is 5.75 Å². The molecule has 0 fully saturated rings. The van der Waals surface area contributed by atoms with Gasteiger partial charge < -0.3 is 15.4 Å². The Labute approximate surface area is 170 Å². The quantitative estimate of drug-likeness (QED) is 0.593. The summed E-state index contributed by atoms with van der Waals surface area (Å²) in [6, 6.07) is 25.3. The normalized spacial score (nSPS) is 11.3. The van der Waals surface area contributed by atoms with Gasteiger partial charge in [-0.15, -0.1) is 0 Å². The maximum atomic E-state index is 12.8. The van der Waals surface area contributed by atoms with E-state index in [0.29, 0.717) is 23.6 Å². The fraction of sp³-hybridized carbons (Fsp3) is 0.167. The Morgan fingerprint density at radius 1 is 0.862 bits per heavy atom. The number of hydrogen-bond donors (Lipinski definition) is 2. The Kier molecular flexibility index (Phi) is 7.00. The first-order valence-corrected chi connectivity index (χ1v) is 9.60. The third-order valence-corrected chi connectivity index (χ3v) is 4.39. The van der Waals surface area contributed by atoms with Crippen LogP contribution in [0.5, 0.6) is 5.75 Å². The summed E-state index contributed by atoms with van der Waals surface area (Å²) in [7, 11) is 0. The average molecular weight is 388 g/mol. The van der Waals surface area contributed by atoms with Crippen LogP contribution in [-0.4, -0.2) is 18.4 Å². The van der Waals surface area contributed by atoms with Gasteiger partial charge in [0.05, 0.1) is 24.8 Å². The second kappa shape index (κ2) is 10.1. The first kappa shape index (κ1) is 20.1. The number of carbonyl (C=O) groups is 2. The van der Waals surface area contributed by atoms with E-state index < -0.39 is 6.04 Å². The molecule has 0 spiro atoms. The summed E-state index contributed by atoms with van der Waals surface area (Å²) in [4.78, 5) is 25.4. The topological polar surface area (TPSA) is 67.4 Å². The summed E-state index contributed by atoms with van der Waals surface area (Å²) in [6.45, 7) is 2.40. The van der Waals surface area contributed by atoms with Crippen molar-refractivity contribution in [3.63, 3.8) is 0 Å². The molecule has 3 aromatic rings. The van der Waals surface area contributed by atoms with Gasteiger partial charge >= 0.3 is 0 Å². The highest BCUT2D eigenvalue weighted by atomic mass is 16.5. The highest BCUT2D eigenvalue weighted by molar-refractivity contribution is 5.96. The van der Waals surface area contributed by atoms with Crippen molar-refractivity contribution < 1.29 is 14.3 Å². The summed E-state index contributed by atoms with van der Waals surface area (Å²) in [5.41, 5.74) is 2.03. The molecule has 0 radical (unpaired) electrons. The molecule has 0 saturated heterocycles. The van der Waals surface area contributed by atoms with Crippen molar-refractivity contribution in [2.75, 3.05) is 11.9 Å². The van der Waals surface area contributed by atoms with Crippen LogP contribution < -0.4 is 15.4 Å². The van der Waals surface area contributed by atoms with Crippen molar-refractivity contribution in [1.82, 2.24) is 5.32 Å². The minimum Gasteiger partial charge on any atom is -0.492 e. The maximum absolute atomic E-state index is 12.8. The third-order valence-electron chi connectivity index (χ3n) is 4.39. The standard InChI is InChI=1S/C24H24N2O3/c1-2-29-22-16-10-9-15-20(22)25-23(27)17-21(18-11-5-3-6-12-18)26-24(28)19-13-7-4-8-14-19/h3-16,21H,2,17H2,1H3,(H,25,27)(H,26,28)/t21-/m1/s1. The van der Waals surface area contributed by atoms with E-state index in [4.69, 9.17) is 4.74 Å². The first-order valence-electron chi connectivity index (χ1n) is 9.60. The lowest BCUT2D eigenvalue weighted by molar-refractivity contribution is -0.116. The van der Waals surface area contributed by atoms with E-state index >= 15 is 0 Å². The van der Waals surface area contributed by atoms with Gasteiger partial charge in [-0.2, -0.15) is 0 Å². The molecule has 2 amide bonds. The average Bonchev–Trinajstić information content (AvgIpc) is 2.76. The summed E-state index contributed by atoms with van der Waals surface area (Å²) in [5.74, 6) is 0.189. The summed E-state index contributed by atoms with van der Waals surface area (Å²) in [6.07, 6.45) is 0.100. The number of benzene rings is 3. The molecular weight excluding hydrogens is 364 g/mol. The van der Waals surface area contributed by atoms with Gasteiger partial charge in [0.15, 0.2) is 0 Å². The molecule has 0 aliphatic rings. The van der Waals surface area contributed by atoms with Crippen molar-refractivity contribution in [3.05, 3.63) is 96.1 Å². The van der Waals surface area contributed by atoms with Gasteiger partial charge in [-0.1, -0.05) is 60.7 Å².